The van der Waals surface area contributed by atoms with Gasteiger partial charge < -0.3 is 5.73 Å². The summed E-state index contributed by atoms with van der Waals surface area (Å²) < 4.78 is 28.0. The molecule has 4 N–H and O–H groups in total. The number of nitrogens with zero attached hydrogens (tertiary/aromatic N) is 1. The molecule has 1 aromatic rings. The van der Waals surface area contributed by atoms with E-state index in [-0.39, 0.29) is 12.4 Å². The van der Waals surface area contributed by atoms with Gasteiger partial charge in [0.2, 0.25) is 0 Å². The number of rotatable bonds is 5. The Bertz CT molecular complexity index is 565. The van der Waals surface area contributed by atoms with E-state index in [0.29, 0.717) is 18.7 Å². The molecule has 0 saturated carbocycles. The molecule has 0 radical (unpaired) electrons. The largest absolute Gasteiger partial charge is 0.384 e. The molecule has 7 heteroatoms. The summed E-state index contributed by atoms with van der Waals surface area (Å²) in [6.07, 6.45) is 1.83. The highest BCUT2D eigenvalue weighted by Gasteiger charge is 2.24. The van der Waals surface area contributed by atoms with Gasteiger partial charge in [0.1, 0.15) is 5.84 Å². The molecule has 1 aliphatic rings. The molecule has 1 heterocycles. The van der Waals surface area contributed by atoms with Crippen molar-refractivity contribution in [2.24, 2.45) is 5.73 Å². The van der Waals surface area contributed by atoms with E-state index in [9.17, 15) is 8.42 Å². The van der Waals surface area contributed by atoms with Gasteiger partial charge in [-0.1, -0.05) is 18.2 Å². The third-order valence-electron chi connectivity index (χ3n) is 3.10. The number of hydrogen-bond acceptors (Lipinski definition) is 3. The van der Waals surface area contributed by atoms with Crippen molar-refractivity contribution in [3.63, 3.8) is 0 Å². The Morgan fingerprint density at radius 3 is 2.68 bits per heavy atom. The first-order valence-electron chi connectivity index (χ1n) is 6.17. The highest BCUT2D eigenvalue weighted by atomic mass is 32.2. The Hall–Kier alpha value is -1.44. The summed E-state index contributed by atoms with van der Waals surface area (Å²) in [6, 6.07) is 7.00. The molecule has 6 nitrogen and oxygen atoms in total. The fourth-order valence-electron chi connectivity index (χ4n) is 2.04. The number of benzene rings is 1. The molecule has 1 saturated heterocycles. The van der Waals surface area contributed by atoms with Crippen LogP contribution in [0, 0.1) is 5.41 Å². The van der Waals surface area contributed by atoms with Crippen LogP contribution >= 0.6 is 0 Å². The fourth-order valence-corrected chi connectivity index (χ4v) is 3.31. The lowest BCUT2D eigenvalue weighted by Crippen LogP contribution is -2.38. The second kappa shape index (κ2) is 5.68. The molecule has 2 rings (SSSR count). The molecule has 0 atom stereocenters. The van der Waals surface area contributed by atoms with E-state index in [1.54, 1.807) is 24.3 Å². The summed E-state index contributed by atoms with van der Waals surface area (Å²) in [7, 11) is -3.39. The molecule has 0 unspecified atom stereocenters. The first-order chi connectivity index (χ1) is 8.99. The summed E-state index contributed by atoms with van der Waals surface area (Å²) in [4.78, 5) is 0. The third-order valence-corrected chi connectivity index (χ3v) is 4.66. The third kappa shape index (κ3) is 3.52. The van der Waals surface area contributed by atoms with Gasteiger partial charge in [-0.2, -0.15) is 17.4 Å². The topological polar surface area (TPSA) is 99.3 Å². The van der Waals surface area contributed by atoms with Crippen LogP contribution in [0.15, 0.2) is 24.3 Å². The van der Waals surface area contributed by atoms with Crippen LogP contribution in [0.1, 0.15) is 24.0 Å². The molecule has 1 aromatic carbocycles. The van der Waals surface area contributed by atoms with Crippen LogP contribution in [-0.4, -0.2) is 31.6 Å². The molecule has 0 amide bonds. The molecule has 104 valence electrons. The van der Waals surface area contributed by atoms with Crippen LogP contribution in [0.5, 0.6) is 0 Å². The number of amidine groups is 1. The SMILES string of the molecule is N=C(N)c1cccc(CNS(=O)(=O)N2CCCC2)c1. The quantitative estimate of drug-likeness (QED) is 0.538. The van der Waals surface area contributed by atoms with Crippen LogP contribution < -0.4 is 10.5 Å². The van der Waals surface area contributed by atoms with Crippen molar-refractivity contribution in [3.8, 4) is 0 Å². The monoisotopic (exact) mass is 282 g/mol. The maximum Gasteiger partial charge on any atom is 0.279 e. The van der Waals surface area contributed by atoms with Gasteiger partial charge in [-0.15, -0.1) is 0 Å². The van der Waals surface area contributed by atoms with Crippen molar-refractivity contribution < 1.29 is 8.42 Å². The van der Waals surface area contributed by atoms with Gasteiger partial charge in [-0.25, -0.2) is 0 Å². The van der Waals surface area contributed by atoms with Crippen LogP contribution in [0.25, 0.3) is 0 Å². The zero-order valence-electron chi connectivity index (χ0n) is 10.6. The number of nitrogen functional groups attached to an aromatic ring is 1. The molecule has 1 aliphatic heterocycles. The zero-order valence-corrected chi connectivity index (χ0v) is 11.4. The lowest BCUT2D eigenvalue weighted by Gasteiger charge is -2.16. The number of nitrogens with one attached hydrogen (secondary N) is 2. The van der Waals surface area contributed by atoms with E-state index < -0.39 is 10.2 Å². The number of nitrogens with two attached hydrogens (primary N) is 1. The van der Waals surface area contributed by atoms with Gasteiger partial charge in [0.25, 0.3) is 10.2 Å². The molecule has 0 spiro atoms. The van der Waals surface area contributed by atoms with Gasteiger partial charge in [0, 0.05) is 25.2 Å². The van der Waals surface area contributed by atoms with Crippen molar-refractivity contribution in [2.75, 3.05) is 13.1 Å². The minimum atomic E-state index is -3.39. The summed E-state index contributed by atoms with van der Waals surface area (Å²) in [5.74, 6) is -0.0238. The van der Waals surface area contributed by atoms with Gasteiger partial charge >= 0.3 is 0 Å². The van der Waals surface area contributed by atoms with Gasteiger partial charge in [-0.3, -0.25) is 5.41 Å². The standard InChI is InChI=1S/C12H18N4O2S/c13-12(14)11-5-3-4-10(8-11)9-15-19(17,18)16-6-1-2-7-16/h3-5,8,15H,1-2,6-7,9H2,(H3,13,14). The molecular weight excluding hydrogens is 264 g/mol. The molecule has 19 heavy (non-hydrogen) atoms. The summed E-state index contributed by atoms with van der Waals surface area (Å²) in [6.45, 7) is 1.38. The highest BCUT2D eigenvalue weighted by molar-refractivity contribution is 7.87. The smallest absolute Gasteiger partial charge is 0.279 e. The number of hydrogen-bond donors (Lipinski definition) is 3. The first kappa shape index (κ1) is 14.0. The Labute approximate surface area is 113 Å². The Morgan fingerprint density at radius 1 is 1.37 bits per heavy atom. The van der Waals surface area contributed by atoms with E-state index in [4.69, 9.17) is 11.1 Å². The molecule has 0 bridgehead atoms. The van der Waals surface area contributed by atoms with Crippen molar-refractivity contribution >= 4 is 16.0 Å². The summed E-state index contributed by atoms with van der Waals surface area (Å²) in [5, 5.41) is 7.35. The van der Waals surface area contributed by atoms with E-state index in [0.717, 1.165) is 18.4 Å². The average Bonchev–Trinajstić information content (AvgIpc) is 2.91. The van der Waals surface area contributed by atoms with Crippen molar-refractivity contribution in [1.82, 2.24) is 9.03 Å². The minimum absolute atomic E-state index is 0.0238. The lowest BCUT2D eigenvalue weighted by molar-refractivity contribution is 0.464. The van der Waals surface area contributed by atoms with E-state index in [1.807, 2.05) is 0 Å². The Morgan fingerprint density at radius 2 is 2.05 bits per heavy atom. The summed E-state index contributed by atoms with van der Waals surface area (Å²) >= 11 is 0. The van der Waals surface area contributed by atoms with Crippen LogP contribution in [0.2, 0.25) is 0 Å². The minimum Gasteiger partial charge on any atom is -0.384 e. The van der Waals surface area contributed by atoms with Crippen LogP contribution in [0.4, 0.5) is 0 Å². The molecule has 0 aromatic heterocycles. The van der Waals surface area contributed by atoms with Crippen LogP contribution in [-0.2, 0) is 16.8 Å². The first-order valence-corrected chi connectivity index (χ1v) is 7.61. The van der Waals surface area contributed by atoms with E-state index in [2.05, 4.69) is 4.72 Å². The van der Waals surface area contributed by atoms with Crippen molar-refractivity contribution in [1.29, 1.82) is 5.41 Å². The predicted molar refractivity (Wildman–Crippen MR) is 74.0 cm³/mol. The average molecular weight is 282 g/mol. The van der Waals surface area contributed by atoms with Crippen LogP contribution in [0.3, 0.4) is 0 Å². The van der Waals surface area contributed by atoms with Gasteiger partial charge in [0.05, 0.1) is 0 Å². The Kier molecular flexibility index (Phi) is 4.18. The highest BCUT2D eigenvalue weighted by Crippen LogP contribution is 2.12. The lowest BCUT2D eigenvalue weighted by atomic mass is 10.1. The van der Waals surface area contributed by atoms with Gasteiger partial charge in [-0.05, 0) is 24.5 Å². The second-order valence-corrected chi connectivity index (χ2v) is 6.30. The molecule has 1 fully saturated rings. The molecular formula is C12H18N4O2S. The normalized spacial score (nSPS) is 16.6. The molecule has 0 aliphatic carbocycles. The maximum atomic E-state index is 12.0. The van der Waals surface area contributed by atoms with Crippen molar-refractivity contribution in [3.05, 3.63) is 35.4 Å². The van der Waals surface area contributed by atoms with E-state index in [1.165, 1.54) is 4.31 Å². The fraction of sp³-hybridized carbons (Fsp3) is 0.417. The predicted octanol–water partition coefficient (Wildman–Crippen LogP) is 0.401. The van der Waals surface area contributed by atoms with Crippen molar-refractivity contribution in [2.45, 2.75) is 19.4 Å². The van der Waals surface area contributed by atoms with E-state index >= 15 is 0 Å². The summed E-state index contributed by atoms with van der Waals surface area (Å²) in [5.41, 5.74) is 6.78. The van der Waals surface area contributed by atoms with Gasteiger partial charge in [0.15, 0.2) is 0 Å². The second-order valence-electron chi connectivity index (χ2n) is 4.55. The maximum absolute atomic E-state index is 12.0. The Balaban J connectivity index is 2.02. The zero-order chi connectivity index (χ0) is 13.9.